The zero-order valence-corrected chi connectivity index (χ0v) is 15.9. The lowest BCUT2D eigenvalue weighted by molar-refractivity contribution is 0.442. The van der Waals surface area contributed by atoms with Crippen LogP contribution in [0.2, 0.25) is 0 Å². The van der Waals surface area contributed by atoms with Gasteiger partial charge in [0.05, 0.1) is 5.39 Å². The quantitative estimate of drug-likeness (QED) is 0.569. The lowest BCUT2D eigenvalue weighted by Crippen LogP contribution is -2.36. The molecule has 1 aliphatic heterocycles. The molecule has 1 fully saturated rings. The lowest BCUT2D eigenvalue weighted by Gasteiger charge is -2.31. The van der Waals surface area contributed by atoms with E-state index in [0.29, 0.717) is 22.9 Å². The number of pyridine rings is 1. The van der Waals surface area contributed by atoms with Gasteiger partial charge in [0, 0.05) is 19.3 Å². The van der Waals surface area contributed by atoms with E-state index in [0.717, 1.165) is 36.0 Å². The number of rotatable bonds is 2. The molecule has 1 atom stereocenters. The Balaban J connectivity index is 1.65. The van der Waals surface area contributed by atoms with Crippen LogP contribution in [0, 0.1) is 5.92 Å². The average Bonchev–Trinajstić information content (AvgIpc) is 2.73. The summed E-state index contributed by atoms with van der Waals surface area (Å²) in [4.78, 5) is 27.3. The number of anilines is 1. The van der Waals surface area contributed by atoms with Crippen molar-refractivity contribution in [1.29, 1.82) is 0 Å². The van der Waals surface area contributed by atoms with E-state index in [1.54, 1.807) is 6.20 Å². The second-order valence-electron chi connectivity index (χ2n) is 7.70. The van der Waals surface area contributed by atoms with Gasteiger partial charge in [-0.25, -0.2) is 4.98 Å². The van der Waals surface area contributed by atoms with Gasteiger partial charge in [0.15, 0.2) is 5.65 Å². The van der Waals surface area contributed by atoms with Gasteiger partial charge in [0.2, 0.25) is 5.95 Å². The third-order valence-corrected chi connectivity index (χ3v) is 5.61. The molecule has 1 aliphatic rings. The summed E-state index contributed by atoms with van der Waals surface area (Å²) in [6.07, 6.45) is 4.08. The molecule has 0 amide bonds. The molecule has 2 aromatic heterocycles. The predicted molar refractivity (Wildman–Crippen MR) is 114 cm³/mol. The summed E-state index contributed by atoms with van der Waals surface area (Å²) < 4.78 is 0. The van der Waals surface area contributed by atoms with Gasteiger partial charge in [-0.15, -0.1) is 0 Å². The molecule has 0 spiro atoms. The van der Waals surface area contributed by atoms with E-state index < -0.39 is 0 Å². The molecule has 140 valence electrons. The minimum Gasteiger partial charge on any atom is -0.342 e. The molecule has 5 heteroatoms. The summed E-state index contributed by atoms with van der Waals surface area (Å²) in [6.45, 7) is 4.07. The SMILES string of the molecule is CC1CCCN(c2nc3nccc(-c4ccc5ccccc5c4)c3c(=O)[nH]2)C1. The van der Waals surface area contributed by atoms with Crippen molar-refractivity contribution in [3.05, 3.63) is 65.1 Å². The van der Waals surface area contributed by atoms with E-state index in [9.17, 15) is 4.79 Å². The van der Waals surface area contributed by atoms with Crippen LogP contribution in [-0.4, -0.2) is 28.0 Å². The number of hydrogen-bond acceptors (Lipinski definition) is 4. The van der Waals surface area contributed by atoms with Crippen molar-refractivity contribution in [2.75, 3.05) is 18.0 Å². The Labute approximate surface area is 163 Å². The third-order valence-electron chi connectivity index (χ3n) is 5.61. The number of nitrogens with zero attached hydrogens (tertiary/aromatic N) is 3. The Morgan fingerprint density at radius 3 is 2.82 bits per heavy atom. The van der Waals surface area contributed by atoms with Crippen molar-refractivity contribution in [3.8, 4) is 11.1 Å². The van der Waals surface area contributed by atoms with Gasteiger partial charge in [-0.3, -0.25) is 9.78 Å². The molecule has 5 nitrogen and oxygen atoms in total. The van der Waals surface area contributed by atoms with Gasteiger partial charge in [0.25, 0.3) is 5.56 Å². The summed E-state index contributed by atoms with van der Waals surface area (Å²) in [7, 11) is 0. The molecule has 1 unspecified atom stereocenters. The van der Waals surface area contributed by atoms with Gasteiger partial charge in [-0.2, -0.15) is 4.98 Å². The molecule has 3 heterocycles. The van der Waals surface area contributed by atoms with Crippen LogP contribution < -0.4 is 10.5 Å². The average molecular weight is 370 g/mol. The highest BCUT2D eigenvalue weighted by atomic mass is 16.1. The highest BCUT2D eigenvalue weighted by Crippen LogP contribution is 2.28. The predicted octanol–water partition coefficient (Wildman–Crippen LogP) is 4.37. The summed E-state index contributed by atoms with van der Waals surface area (Å²) in [5.74, 6) is 1.24. The van der Waals surface area contributed by atoms with Crippen molar-refractivity contribution in [3.63, 3.8) is 0 Å². The summed E-state index contributed by atoms with van der Waals surface area (Å²) >= 11 is 0. The van der Waals surface area contributed by atoms with Gasteiger partial charge in [-0.1, -0.05) is 43.3 Å². The van der Waals surface area contributed by atoms with E-state index in [2.05, 4.69) is 52.1 Å². The van der Waals surface area contributed by atoms with E-state index in [1.165, 1.54) is 11.8 Å². The van der Waals surface area contributed by atoms with Gasteiger partial charge in [-0.05, 0) is 52.8 Å². The highest BCUT2D eigenvalue weighted by molar-refractivity contribution is 5.95. The standard InChI is InChI=1S/C23H22N4O/c1-15-5-4-12-27(14-15)23-25-21-20(22(28)26-23)19(10-11-24-21)18-9-8-16-6-2-3-7-17(16)13-18/h2-3,6-11,13,15H,4-5,12,14H2,1H3,(H,24,25,26,28). The van der Waals surface area contributed by atoms with Crippen LogP contribution in [0.5, 0.6) is 0 Å². The minimum absolute atomic E-state index is 0.130. The fourth-order valence-electron chi connectivity index (χ4n) is 4.18. The van der Waals surface area contributed by atoms with Crippen molar-refractivity contribution in [1.82, 2.24) is 15.0 Å². The minimum atomic E-state index is -0.130. The molecule has 0 radical (unpaired) electrons. The molecule has 28 heavy (non-hydrogen) atoms. The molecule has 4 aromatic rings. The van der Waals surface area contributed by atoms with Crippen LogP contribution in [0.1, 0.15) is 19.8 Å². The maximum atomic E-state index is 13.0. The molecule has 0 saturated carbocycles. The number of aromatic nitrogens is 3. The molecular weight excluding hydrogens is 348 g/mol. The number of piperidine rings is 1. The third kappa shape index (κ3) is 2.93. The second-order valence-corrected chi connectivity index (χ2v) is 7.70. The Hall–Kier alpha value is -3.21. The number of aromatic amines is 1. The van der Waals surface area contributed by atoms with Crippen LogP contribution in [0.4, 0.5) is 5.95 Å². The summed E-state index contributed by atoms with van der Waals surface area (Å²) in [6, 6.07) is 16.4. The van der Waals surface area contributed by atoms with Crippen LogP contribution in [0.25, 0.3) is 32.9 Å². The number of fused-ring (bicyclic) bond motifs is 2. The molecule has 0 aliphatic carbocycles. The monoisotopic (exact) mass is 370 g/mol. The largest absolute Gasteiger partial charge is 0.342 e. The number of H-pyrrole nitrogens is 1. The van der Waals surface area contributed by atoms with E-state index in [-0.39, 0.29) is 5.56 Å². The Morgan fingerprint density at radius 2 is 1.96 bits per heavy atom. The van der Waals surface area contributed by atoms with Crippen LogP contribution >= 0.6 is 0 Å². The Kier molecular flexibility index (Phi) is 4.08. The molecule has 1 N–H and O–H groups in total. The fourth-order valence-corrected chi connectivity index (χ4v) is 4.18. The zero-order valence-electron chi connectivity index (χ0n) is 15.9. The van der Waals surface area contributed by atoms with Crippen LogP contribution in [0.3, 0.4) is 0 Å². The number of hydrogen-bond donors (Lipinski definition) is 1. The fraction of sp³-hybridized carbons (Fsp3) is 0.261. The Bertz CT molecular complexity index is 1230. The first-order chi connectivity index (χ1) is 13.7. The van der Waals surface area contributed by atoms with Gasteiger partial charge in [0.1, 0.15) is 0 Å². The van der Waals surface area contributed by atoms with E-state index >= 15 is 0 Å². The second kappa shape index (κ2) is 6.75. The number of nitrogens with one attached hydrogen (secondary N) is 1. The zero-order chi connectivity index (χ0) is 19.1. The first-order valence-electron chi connectivity index (χ1n) is 9.82. The first kappa shape index (κ1) is 16.9. The maximum absolute atomic E-state index is 13.0. The van der Waals surface area contributed by atoms with E-state index in [4.69, 9.17) is 4.98 Å². The summed E-state index contributed by atoms with van der Waals surface area (Å²) in [5, 5.41) is 2.87. The van der Waals surface area contributed by atoms with Crippen molar-refractivity contribution < 1.29 is 0 Å². The molecule has 1 saturated heterocycles. The van der Waals surface area contributed by atoms with Gasteiger partial charge < -0.3 is 4.90 Å². The molecule has 2 aromatic carbocycles. The first-order valence-corrected chi connectivity index (χ1v) is 9.82. The molecular formula is C23H22N4O. The lowest BCUT2D eigenvalue weighted by atomic mass is 10.00. The van der Waals surface area contributed by atoms with Crippen molar-refractivity contribution >= 4 is 27.8 Å². The smallest absolute Gasteiger partial charge is 0.262 e. The van der Waals surface area contributed by atoms with Crippen molar-refractivity contribution in [2.45, 2.75) is 19.8 Å². The van der Waals surface area contributed by atoms with Crippen molar-refractivity contribution in [2.24, 2.45) is 5.92 Å². The topological polar surface area (TPSA) is 61.9 Å². The summed E-state index contributed by atoms with van der Waals surface area (Å²) in [5.41, 5.74) is 2.23. The highest BCUT2D eigenvalue weighted by Gasteiger charge is 2.20. The van der Waals surface area contributed by atoms with Crippen LogP contribution in [0.15, 0.2) is 59.5 Å². The van der Waals surface area contributed by atoms with Crippen LogP contribution in [-0.2, 0) is 0 Å². The van der Waals surface area contributed by atoms with Gasteiger partial charge >= 0.3 is 0 Å². The van der Waals surface area contributed by atoms with E-state index in [1.807, 2.05) is 18.2 Å². The number of benzene rings is 2. The maximum Gasteiger partial charge on any atom is 0.262 e. The Morgan fingerprint density at radius 1 is 1.11 bits per heavy atom. The normalized spacial score (nSPS) is 17.3. The molecule has 5 rings (SSSR count). The molecule has 0 bridgehead atoms.